The highest BCUT2D eigenvalue weighted by Gasteiger charge is 1.88. The summed E-state index contributed by atoms with van der Waals surface area (Å²) in [6, 6.07) is 8.61. The first kappa shape index (κ1) is 12.0. The molecular weight excluding hydrogens is 156 g/mol. The van der Waals surface area contributed by atoms with E-state index in [4.69, 9.17) is 0 Å². The van der Waals surface area contributed by atoms with Crippen molar-refractivity contribution in [3.05, 3.63) is 41.5 Å². The highest BCUT2D eigenvalue weighted by atomic mass is 13.9. The third-order valence-electron chi connectivity index (χ3n) is 1.72. The molecule has 72 valence electrons. The maximum atomic E-state index is 2.22. The van der Waals surface area contributed by atoms with Crippen molar-refractivity contribution in [3.63, 3.8) is 0 Å². The van der Waals surface area contributed by atoms with Gasteiger partial charge in [0.15, 0.2) is 0 Å². The topological polar surface area (TPSA) is 0 Å². The molecule has 0 saturated heterocycles. The Balaban J connectivity index is 0.000000671. The van der Waals surface area contributed by atoms with Crippen LogP contribution in [0.2, 0.25) is 0 Å². The first-order valence-corrected chi connectivity index (χ1v) is 5.08. The molecule has 0 aliphatic carbocycles. The zero-order valence-electron chi connectivity index (χ0n) is 9.17. The molecule has 1 aromatic rings. The van der Waals surface area contributed by atoms with Crippen molar-refractivity contribution < 1.29 is 0 Å². The monoisotopic (exact) mass is 176 g/mol. The zero-order chi connectivity index (χ0) is 10.1. The van der Waals surface area contributed by atoms with E-state index in [2.05, 4.69) is 43.3 Å². The Morgan fingerprint density at radius 3 is 2.46 bits per heavy atom. The third kappa shape index (κ3) is 4.51. The number of rotatable bonds is 2. The van der Waals surface area contributed by atoms with E-state index in [0.29, 0.717) is 0 Å². The predicted molar refractivity (Wildman–Crippen MR) is 61.9 cm³/mol. The average Bonchev–Trinajstić information content (AvgIpc) is 2.22. The van der Waals surface area contributed by atoms with Gasteiger partial charge in [0, 0.05) is 0 Å². The lowest BCUT2D eigenvalue weighted by atomic mass is 10.1. The molecule has 0 spiro atoms. The molecule has 0 amide bonds. The standard InChI is InChI=1S/C11H14.C2H6/c1-3-6-11-8-5-7-10(4-2)9-11;1-2/h3,5-9H,4H2,1-2H3;1-2H3/b6-3+;. The van der Waals surface area contributed by atoms with Gasteiger partial charge in [-0.15, -0.1) is 0 Å². The minimum atomic E-state index is 1.12. The average molecular weight is 176 g/mol. The Bertz CT molecular complexity index is 246. The van der Waals surface area contributed by atoms with Crippen molar-refractivity contribution in [2.75, 3.05) is 0 Å². The molecule has 0 radical (unpaired) electrons. The van der Waals surface area contributed by atoms with Crippen molar-refractivity contribution in [3.8, 4) is 0 Å². The Morgan fingerprint density at radius 1 is 1.23 bits per heavy atom. The van der Waals surface area contributed by atoms with Crippen LogP contribution >= 0.6 is 0 Å². The number of hydrogen-bond donors (Lipinski definition) is 0. The van der Waals surface area contributed by atoms with Gasteiger partial charge in [0.05, 0.1) is 0 Å². The maximum absolute atomic E-state index is 2.22. The van der Waals surface area contributed by atoms with E-state index >= 15 is 0 Å². The summed E-state index contributed by atoms with van der Waals surface area (Å²) in [4.78, 5) is 0. The Labute approximate surface area is 82.3 Å². The fourth-order valence-corrected chi connectivity index (χ4v) is 1.11. The molecule has 1 aromatic carbocycles. The molecule has 0 atom stereocenters. The number of benzene rings is 1. The third-order valence-corrected chi connectivity index (χ3v) is 1.72. The molecule has 0 heteroatoms. The van der Waals surface area contributed by atoms with Crippen molar-refractivity contribution in [1.82, 2.24) is 0 Å². The van der Waals surface area contributed by atoms with E-state index in [0.717, 1.165) is 6.42 Å². The summed E-state index contributed by atoms with van der Waals surface area (Å²) in [5.41, 5.74) is 2.70. The van der Waals surface area contributed by atoms with Crippen molar-refractivity contribution >= 4 is 6.08 Å². The van der Waals surface area contributed by atoms with Gasteiger partial charge in [0.2, 0.25) is 0 Å². The molecule has 0 fully saturated rings. The second-order valence-corrected chi connectivity index (χ2v) is 2.60. The molecule has 0 aliphatic rings. The first-order chi connectivity index (χ1) is 6.36. The van der Waals surface area contributed by atoms with Gasteiger partial charge < -0.3 is 0 Å². The van der Waals surface area contributed by atoms with Crippen LogP contribution in [0, 0.1) is 0 Å². The number of aryl methyl sites for hydroxylation is 1. The molecule has 0 saturated carbocycles. The van der Waals surface area contributed by atoms with Gasteiger partial charge in [-0.1, -0.05) is 57.2 Å². The van der Waals surface area contributed by atoms with Crippen molar-refractivity contribution in [2.24, 2.45) is 0 Å². The van der Waals surface area contributed by atoms with Crippen LogP contribution in [0.3, 0.4) is 0 Å². The minimum absolute atomic E-state index is 1.12. The quantitative estimate of drug-likeness (QED) is 0.630. The van der Waals surface area contributed by atoms with Crippen LogP contribution in [0.25, 0.3) is 6.08 Å². The molecule has 0 N–H and O–H groups in total. The summed E-state index contributed by atoms with van der Waals surface area (Å²) in [5.74, 6) is 0. The van der Waals surface area contributed by atoms with Crippen LogP contribution in [0.1, 0.15) is 38.8 Å². The largest absolute Gasteiger partial charge is 0.0871 e. The summed E-state index contributed by atoms with van der Waals surface area (Å²) in [6.45, 7) is 8.22. The minimum Gasteiger partial charge on any atom is -0.0871 e. The summed E-state index contributed by atoms with van der Waals surface area (Å²) >= 11 is 0. The summed E-state index contributed by atoms with van der Waals surface area (Å²) in [6.07, 6.45) is 5.30. The predicted octanol–water partition coefficient (Wildman–Crippen LogP) is 4.31. The van der Waals surface area contributed by atoms with Crippen molar-refractivity contribution in [1.29, 1.82) is 0 Å². The summed E-state index contributed by atoms with van der Waals surface area (Å²) < 4.78 is 0. The van der Waals surface area contributed by atoms with E-state index < -0.39 is 0 Å². The van der Waals surface area contributed by atoms with Crippen LogP contribution in [0.5, 0.6) is 0 Å². The van der Waals surface area contributed by atoms with Gasteiger partial charge in [-0.2, -0.15) is 0 Å². The Hall–Kier alpha value is -1.04. The van der Waals surface area contributed by atoms with Crippen LogP contribution in [-0.2, 0) is 6.42 Å². The smallest absolute Gasteiger partial charge is 0.0257 e. The van der Waals surface area contributed by atoms with Gasteiger partial charge >= 0.3 is 0 Å². The van der Waals surface area contributed by atoms with E-state index in [1.807, 2.05) is 20.8 Å². The SMILES string of the molecule is C/C=C/c1cccc(CC)c1.CC. The van der Waals surface area contributed by atoms with Crippen LogP contribution in [0.15, 0.2) is 30.3 Å². The lowest BCUT2D eigenvalue weighted by Crippen LogP contribution is -1.79. The van der Waals surface area contributed by atoms with E-state index in [1.54, 1.807) is 0 Å². The highest BCUT2D eigenvalue weighted by Crippen LogP contribution is 2.07. The molecule has 0 heterocycles. The lowest BCUT2D eigenvalue weighted by Gasteiger charge is -1.96. The molecule has 0 aliphatic heterocycles. The summed E-state index contributed by atoms with van der Waals surface area (Å²) in [7, 11) is 0. The van der Waals surface area contributed by atoms with E-state index in [1.165, 1.54) is 11.1 Å². The van der Waals surface area contributed by atoms with Crippen LogP contribution in [0.4, 0.5) is 0 Å². The van der Waals surface area contributed by atoms with Gasteiger partial charge in [-0.3, -0.25) is 0 Å². The molecule has 0 unspecified atom stereocenters. The van der Waals surface area contributed by atoms with Gasteiger partial charge in [-0.25, -0.2) is 0 Å². The van der Waals surface area contributed by atoms with Crippen molar-refractivity contribution in [2.45, 2.75) is 34.1 Å². The van der Waals surface area contributed by atoms with Gasteiger partial charge in [0.1, 0.15) is 0 Å². The summed E-state index contributed by atoms with van der Waals surface area (Å²) in [5, 5.41) is 0. The molecular formula is C13H20. The second kappa shape index (κ2) is 7.60. The molecule has 0 bridgehead atoms. The van der Waals surface area contributed by atoms with Gasteiger partial charge in [0.25, 0.3) is 0 Å². The zero-order valence-corrected chi connectivity index (χ0v) is 9.17. The number of allylic oxidation sites excluding steroid dienone is 1. The Kier molecular flexibility index (Phi) is 6.99. The van der Waals surface area contributed by atoms with E-state index in [9.17, 15) is 0 Å². The van der Waals surface area contributed by atoms with Gasteiger partial charge in [-0.05, 0) is 24.5 Å². The fraction of sp³-hybridized carbons (Fsp3) is 0.385. The fourth-order valence-electron chi connectivity index (χ4n) is 1.11. The number of hydrogen-bond acceptors (Lipinski definition) is 0. The Morgan fingerprint density at radius 2 is 1.92 bits per heavy atom. The van der Waals surface area contributed by atoms with E-state index in [-0.39, 0.29) is 0 Å². The van der Waals surface area contributed by atoms with Crippen LogP contribution in [-0.4, -0.2) is 0 Å². The first-order valence-electron chi connectivity index (χ1n) is 5.08. The molecule has 0 nitrogen and oxygen atoms in total. The maximum Gasteiger partial charge on any atom is -0.0257 e. The molecule has 0 aromatic heterocycles. The normalized spacial score (nSPS) is 9.54. The second-order valence-electron chi connectivity index (χ2n) is 2.60. The molecule has 13 heavy (non-hydrogen) atoms. The molecule has 1 rings (SSSR count). The lowest BCUT2D eigenvalue weighted by molar-refractivity contribution is 1.14. The van der Waals surface area contributed by atoms with Crippen LogP contribution < -0.4 is 0 Å². The highest BCUT2D eigenvalue weighted by molar-refractivity contribution is 5.49.